The second-order valence-corrected chi connectivity index (χ2v) is 8.79. The molecular formula is C25H30N6O. The fourth-order valence-electron chi connectivity index (χ4n) is 3.84. The van der Waals surface area contributed by atoms with E-state index in [-0.39, 0.29) is 12.3 Å². The van der Waals surface area contributed by atoms with E-state index in [0.29, 0.717) is 24.1 Å². The van der Waals surface area contributed by atoms with Gasteiger partial charge in [-0.25, -0.2) is 0 Å². The molecule has 1 aliphatic heterocycles. The van der Waals surface area contributed by atoms with Crippen molar-refractivity contribution in [1.82, 2.24) is 0 Å². The lowest BCUT2D eigenvalue weighted by Gasteiger charge is -2.30. The highest BCUT2D eigenvalue weighted by Crippen LogP contribution is 2.34. The zero-order valence-corrected chi connectivity index (χ0v) is 19.2. The fourth-order valence-corrected chi connectivity index (χ4v) is 3.84. The van der Waals surface area contributed by atoms with Gasteiger partial charge in [-0.2, -0.15) is 10.4 Å². The van der Waals surface area contributed by atoms with Crippen molar-refractivity contribution < 1.29 is 4.79 Å². The molecule has 7 heteroatoms. The smallest absolute Gasteiger partial charge is 0.238 e. The van der Waals surface area contributed by atoms with Crippen LogP contribution in [0.2, 0.25) is 0 Å². The summed E-state index contributed by atoms with van der Waals surface area (Å²) in [5.41, 5.74) is 5.42. The molecule has 2 aromatic carbocycles. The van der Waals surface area contributed by atoms with Gasteiger partial charge in [0.2, 0.25) is 5.91 Å². The van der Waals surface area contributed by atoms with Crippen molar-refractivity contribution in [3.8, 4) is 17.2 Å². The Morgan fingerprint density at radius 3 is 2.38 bits per heavy atom. The molecule has 0 saturated heterocycles. The quantitative estimate of drug-likeness (QED) is 0.570. The molecule has 0 spiro atoms. The molecule has 1 aliphatic rings. The number of hydrogen-bond acceptors (Lipinski definition) is 6. The number of nitriles is 1. The van der Waals surface area contributed by atoms with E-state index in [1.54, 1.807) is 0 Å². The van der Waals surface area contributed by atoms with Crippen molar-refractivity contribution in [3.63, 3.8) is 0 Å². The Morgan fingerprint density at radius 1 is 1.09 bits per heavy atom. The highest BCUT2D eigenvalue weighted by atomic mass is 16.1. The lowest BCUT2D eigenvalue weighted by Crippen LogP contribution is -2.32. The third-order valence-corrected chi connectivity index (χ3v) is 5.02. The predicted octanol–water partition coefficient (Wildman–Crippen LogP) is 5.49. The van der Waals surface area contributed by atoms with E-state index in [2.05, 4.69) is 65.5 Å². The standard InChI is InChI=1S/C25H30N6O/c1-17(2)15-31(16-18(3)4)24-10-9-19(13-22(24)28-25(32)11-12-26)20-7-5-6-8-21(20)23-14-27-30-29-23/h5-10,13,17-18H,11,14-16H2,1-4H3,(H,28,32). The molecule has 0 aliphatic carbocycles. The van der Waals surface area contributed by atoms with Crippen molar-refractivity contribution >= 4 is 23.0 Å². The van der Waals surface area contributed by atoms with Gasteiger partial charge in [0.1, 0.15) is 13.0 Å². The topological polar surface area (TPSA) is 93.2 Å². The van der Waals surface area contributed by atoms with Crippen LogP contribution in [0.1, 0.15) is 39.7 Å². The van der Waals surface area contributed by atoms with Crippen molar-refractivity contribution in [1.29, 1.82) is 5.26 Å². The Balaban J connectivity index is 2.07. The molecule has 0 atom stereocenters. The van der Waals surface area contributed by atoms with Gasteiger partial charge in [0.15, 0.2) is 0 Å². The lowest BCUT2D eigenvalue weighted by molar-refractivity contribution is -0.115. The summed E-state index contributed by atoms with van der Waals surface area (Å²) in [4.78, 5) is 14.7. The highest BCUT2D eigenvalue weighted by molar-refractivity contribution is 6.08. The minimum absolute atomic E-state index is 0.186. The van der Waals surface area contributed by atoms with Gasteiger partial charge in [-0.1, -0.05) is 58.0 Å². The highest BCUT2D eigenvalue weighted by Gasteiger charge is 2.19. The van der Waals surface area contributed by atoms with Gasteiger partial charge in [0, 0.05) is 18.7 Å². The first-order chi connectivity index (χ1) is 15.4. The summed E-state index contributed by atoms with van der Waals surface area (Å²) in [5, 5.41) is 23.8. The van der Waals surface area contributed by atoms with Gasteiger partial charge in [-0.05, 0) is 40.3 Å². The summed E-state index contributed by atoms with van der Waals surface area (Å²) in [6.45, 7) is 10.9. The van der Waals surface area contributed by atoms with Gasteiger partial charge in [-0.3, -0.25) is 4.79 Å². The van der Waals surface area contributed by atoms with Crippen LogP contribution in [0.5, 0.6) is 0 Å². The summed E-state index contributed by atoms with van der Waals surface area (Å²) in [7, 11) is 0. The van der Waals surface area contributed by atoms with Gasteiger partial charge in [0.25, 0.3) is 0 Å². The average Bonchev–Trinajstić information content (AvgIpc) is 3.27. The van der Waals surface area contributed by atoms with Crippen LogP contribution in [0.4, 0.5) is 11.4 Å². The molecule has 1 heterocycles. The van der Waals surface area contributed by atoms with Crippen LogP contribution in [-0.4, -0.2) is 31.3 Å². The Labute approximate surface area is 189 Å². The van der Waals surface area contributed by atoms with Gasteiger partial charge in [-0.15, -0.1) is 5.10 Å². The second kappa shape index (κ2) is 10.7. The molecule has 0 bridgehead atoms. The first-order valence-electron chi connectivity index (χ1n) is 11.0. The Kier molecular flexibility index (Phi) is 7.72. The van der Waals surface area contributed by atoms with Crippen molar-refractivity contribution in [3.05, 3.63) is 48.0 Å². The Bertz CT molecular complexity index is 1050. The molecule has 7 nitrogen and oxygen atoms in total. The van der Waals surface area contributed by atoms with Crippen LogP contribution in [0, 0.1) is 23.2 Å². The summed E-state index contributed by atoms with van der Waals surface area (Å²) < 4.78 is 0. The Morgan fingerprint density at radius 2 is 1.78 bits per heavy atom. The number of carbonyl (C=O) groups excluding carboxylic acids is 1. The second-order valence-electron chi connectivity index (χ2n) is 8.79. The predicted molar refractivity (Wildman–Crippen MR) is 129 cm³/mol. The molecule has 0 unspecified atom stereocenters. The number of carbonyl (C=O) groups is 1. The molecule has 3 rings (SSSR count). The number of anilines is 2. The van der Waals surface area contributed by atoms with E-state index >= 15 is 0 Å². The van der Waals surface area contributed by atoms with E-state index in [1.807, 2.05) is 36.4 Å². The third-order valence-electron chi connectivity index (χ3n) is 5.02. The summed E-state index contributed by atoms with van der Waals surface area (Å²) in [6.07, 6.45) is -0.186. The molecule has 166 valence electrons. The first kappa shape index (κ1) is 23.1. The van der Waals surface area contributed by atoms with Crippen LogP contribution >= 0.6 is 0 Å². The van der Waals surface area contributed by atoms with E-state index in [1.165, 1.54) is 0 Å². The SMILES string of the molecule is CC(C)CN(CC(C)C)c1ccc(-c2ccccc2C2=NN=NC2)cc1NC(=O)CC#N. The maximum Gasteiger partial charge on any atom is 0.238 e. The molecule has 2 aromatic rings. The number of rotatable bonds is 9. The van der Waals surface area contributed by atoms with Gasteiger partial charge < -0.3 is 10.2 Å². The molecule has 0 aromatic heterocycles. The number of nitrogens with zero attached hydrogens (tertiary/aromatic N) is 5. The monoisotopic (exact) mass is 430 g/mol. The number of hydrogen-bond donors (Lipinski definition) is 1. The van der Waals surface area contributed by atoms with Gasteiger partial charge >= 0.3 is 0 Å². The van der Waals surface area contributed by atoms with E-state index in [0.717, 1.165) is 41.2 Å². The van der Waals surface area contributed by atoms with Crippen LogP contribution in [-0.2, 0) is 4.79 Å². The van der Waals surface area contributed by atoms with E-state index in [9.17, 15) is 4.79 Å². The molecule has 0 radical (unpaired) electrons. The molecule has 1 N–H and O–H groups in total. The fraction of sp³-hybridized carbons (Fsp3) is 0.400. The molecule has 0 saturated carbocycles. The van der Waals surface area contributed by atoms with Crippen LogP contribution in [0.25, 0.3) is 11.1 Å². The molecule has 1 amide bonds. The molecule has 0 fully saturated rings. The summed E-state index contributed by atoms with van der Waals surface area (Å²) in [6, 6.07) is 16.0. The van der Waals surface area contributed by atoms with Crippen molar-refractivity contribution in [2.24, 2.45) is 27.3 Å². The molecule has 32 heavy (non-hydrogen) atoms. The van der Waals surface area contributed by atoms with Crippen LogP contribution < -0.4 is 10.2 Å². The van der Waals surface area contributed by atoms with Crippen molar-refractivity contribution in [2.75, 3.05) is 29.9 Å². The first-order valence-corrected chi connectivity index (χ1v) is 11.0. The van der Waals surface area contributed by atoms with E-state index in [4.69, 9.17) is 5.26 Å². The molecular weight excluding hydrogens is 400 g/mol. The Hall–Kier alpha value is -3.53. The number of amides is 1. The number of nitrogens with one attached hydrogen (secondary N) is 1. The van der Waals surface area contributed by atoms with Crippen molar-refractivity contribution in [2.45, 2.75) is 34.1 Å². The summed E-state index contributed by atoms with van der Waals surface area (Å²) >= 11 is 0. The third kappa shape index (κ3) is 5.79. The zero-order chi connectivity index (χ0) is 23.1. The van der Waals surface area contributed by atoms with Crippen LogP contribution in [0.3, 0.4) is 0 Å². The normalized spacial score (nSPS) is 12.7. The van der Waals surface area contributed by atoms with Crippen LogP contribution in [0.15, 0.2) is 57.9 Å². The largest absolute Gasteiger partial charge is 0.369 e. The maximum absolute atomic E-state index is 12.4. The number of benzene rings is 2. The minimum atomic E-state index is -0.314. The zero-order valence-electron chi connectivity index (χ0n) is 19.2. The van der Waals surface area contributed by atoms with E-state index < -0.39 is 0 Å². The summed E-state index contributed by atoms with van der Waals surface area (Å²) in [5.74, 6) is 0.611. The van der Waals surface area contributed by atoms with Gasteiger partial charge in [0.05, 0.1) is 23.2 Å². The minimum Gasteiger partial charge on any atom is -0.369 e. The average molecular weight is 431 g/mol. The lowest BCUT2D eigenvalue weighted by atomic mass is 9.95. The maximum atomic E-state index is 12.4.